The summed E-state index contributed by atoms with van der Waals surface area (Å²) >= 11 is 0. The lowest BCUT2D eigenvalue weighted by atomic mass is 10.1. The van der Waals surface area contributed by atoms with Crippen molar-refractivity contribution >= 4 is 5.96 Å². The fourth-order valence-corrected chi connectivity index (χ4v) is 2.69. The van der Waals surface area contributed by atoms with E-state index in [4.69, 9.17) is 9.26 Å². The van der Waals surface area contributed by atoms with Crippen molar-refractivity contribution in [3.05, 3.63) is 46.3 Å². The molecule has 25 heavy (non-hydrogen) atoms. The van der Waals surface area contributed by atoms with Crippen LogP contribution in [0.5, 0.6) is 5.75 Å². The van der Waals surface area contributed by atoms with Crippen LogP contribution in [-0.2, 0) is 25.9 Å². The maximum absolute atomic E-state index is 5.40. The maximum atomic E-state index is 5.40. The second-order valence-corrected chi connectivity index (χ2v) is 5.82. The van der Waals surface area contributed by atoms with Crippen LogP contribution in [0.2, 0.25) is 0 Å². The molecule has 0 spiro atoms. The maximum Gasteiger partial charge on any atom is 0.191 e. The largest absolute Gasteiger partial charge is 0.496 e. The lowest BCUT2D eigenvalue weighted by Crippen LogP contribution is -2.36. The van der Waals surface area contributed by atoms with E-state index in [2.05, 4.69) is 46.8 Å². The number of aliphatic imine (C=N–C) groups is 1. The minimum absolute atomic E-state index is 0.646. The first-order valence-electron chi connectivity index (χ1n) is 8.67. The van der Waals surface area contributed by atoms with Gasteiger partial charge in [0.15, 0.2) is 5.96 Å². The van der Waals surface area contributed by atoms with Gasteiger partial charge in [-0.05, 0) is 30.5 Å². The van der Waals surface area contributed by atoms with Gasteiger partial charge in [0.2, 0.25) is 0 Å². The summed E-state index contributed by atoms with van der Waals surface area (Å²) in [5.74, 6) is 2.57. The summed E-state index contributed by atoms with van der Waals surface area (Å²) in [6, 6.07) is 6.19. The molecule has 1 aromatic heterocycles. The van der Waals surface area contributed by atoms with Crippen LogP contribution in [0.3, 0.4) is 0 Å². The number of benzene rings is 1. The molecule has 2 aromatic rings. The van der Waals surface area contributed by atoms with Crippen LogP contribution in [-0.4, -0.2) is 25.3 Å². The molecule has 2 rings (SSSR count). The van der Waals surface area contributed by atoms with Crippen molar-refractivity contribution in [1.82, 2.24) is 15.8 Å². The number of hydrogen-bond acceptors (Lipinski definition) is 4. The van der Waals surface area contributed by atoms with Gasteiger partial charge in [-0.2, -0.15) is 0 Å². The zero-order valence-corrected chi connectivity index (χ0v) is 15.8. The van der Waals surface area contributed by atoms with E-state index < -0.39 is 0 Å². The number of aromatic nitrogens is 1. The number of guanidine groups is 1. The molecule has 0 radical (unpaired) electrons. The normalized spacial score (nSPS) is 11.5. The van der Waals surface area contributed by atoms with E-state index in [0.29, 0.717) is 13.1 Å². The third-order valence-electron chi connectivity index (χ3n) is 4.20. The number of hydrogen-bond donors (Lipinski definition) is 2. The van der Waals surface area contributed by atoms with Crippen molar-refractivity contribution in [2.24, 2.45) is 4.99 Å². The molecule has 1 aromatic carbocycles. The first-order valence-corrected chi connectivity index (χ1v) is 8.67. The molecule has 0 bridgehead atoms. The Kier molecular flexibility index (Phi) is 6.86. The Morgan fingerprint density at radius 1 is 1.20 bits per heavy atom. The SMILES string of the molecule is CCc1noc(CC)c1CNC(=NC)NCc1ccc(C)c(OC)c1. The quantitative estimate of drug-likeness (QED) is 0.597. The molecular formula is C19H28N4O2. The van der Waals surface area contributed by atoms with Crippen molar-refractivity contribution < 1.29 is 9.26 Å². The van der Waals surface area contributed by atoms with Gasteiger partial charge in [-0.3, -0.25) is 4.99 Å². The van der Waals surface area contributed by atoms with Gasteiger partial charge >= 0.3 is 0 Å². The third-order valence-corrected chi connectivity index (χ3v) is 4.20. The second kappa shape index (κ2) is 9.11. The fourth-order valence-electron chi connectivity index (χ4n) is 2.69. The molecule has 0 atom stereocenters. The monoisotopic (exact) mass is 344 g/mol. The van der Waals surface area contributed by atoms with Gasteiger partial charge in [-0.1, -0.05) is 31.1 Å². The molecular weight excluding hydrogens is 316 g/mol. The Morgan fingerprint density at radius 2 is 1.96 bits per heavy atom. The standard InChI is InChI=1S/C19H28N4O2/c1-6-16-15(17(7-2)25-23-16)12-22-19(20-4)21-11-14-9-8-13(3)18(10-14)24-5/h8-10H,6-7,11-12H2,1-5H3,(H2,20,21,22). The smallest absolute Gasteiger partial charge is 0.191 e. The highest BCUT2D eigenvalue weighted by Crippen LogP contribution is 2.19. The predicted octanol–water partition coefficient (Wildman–Crippen LogP) is 2.98. The number of ether oxygens (including phenoxy) is 1. The Morgan fingerprint density at radius 3 is 2.60 bits per heavy atom. The predicted molar refractivity (Wildman–Crippen MR) is 100 cm³/mol. The van der Waals surface area contributed by atoms with Gasteiger partial charge in [0, 0.05) is 32.1 Å². The first kappa shape index (κ1) is 18.8. The van der Waals surface area contributed by atoms with E-state index >= 15 is 0 Å². The summed E-state index contributed by atoms with van der Waals surface area (Å²) in [6.07, 6.45) is 1.69. The van der Waals surface area contributed by atoms with Crippen molar-refractivity contribution in [2.75, 3.05) is 14.2 Å². The van der Waals surface area contributed by atoms with E-state index in [-0.39, 0.29) is 0 Å². The zero-order chi connectivity index (χ0) is 18.2. The highest BCUT2D eigenvalue weighted by molar-refractivity contribution is 5.79. The van der Waals surface area contributed by atoms with Gasteiger partial charge < -0.3 is 19.9 Å². The third kappa shape index (κ3) is 4.75. The van der Waals surface area contributed by atoms with Gasteiger partial charge in [0.1, 0.15) is 11.5 Å². The summed E-state index contributed by atoms with van der Waals surface area (Å²) in [5.41, 5.74) is 4.40. The van der Waals surface area contributed by atoms with Gasteiger partial charge in [0.05, 0.1) is 12.8 Å². The van der Waals surface area contributed by atoms with Crippen LogP contribution >= 0.6 is 0 Å². The topological polar surface area (TPSA) is 71.7 Å². The number of nitrogens with one attached hydrogen (secondary N) is 2. The molecule has 6 heteroatoms. The van der Waals surface area contributed by atoms with Gasteiger partial charge in [-0.25, -0.2) is 0 Å². The zero-order valence-electron chi connectivity index (χ0n) is 15.8. The average Bonchev–Trinajstić information content (AvgIpc) is 3.05. The molecule has 0 saturated heterocycles. The Hall–Kier alpha value is -2.50. The van der Waals surface area contributed by atoms with E-state index in [1.54, 1.807) is 14.2 Å². The van der Waals surface area contributed by atoms with Crippen molar-refractivity contribution in [3.63, 3.8) is 0 Å². The summed E-state index contributed by atoms with van der Waals surface area (Å²) in [4.78, 5) is 4.29. The lowest BCUT2D eigenvalue weighted by molar-refractivity contribution is 0.380. The first-order chi connectivity index (χ1) is 12.1. The van der Waals surface area contributed by atoms with E-state index in [0.717, 1.165) is 52.7 Å². The molecule has 0 unspecified atom stereocenters. The highest BCUT2D eigenvalue weighted by atomic mass is 16.5. The molecule has 0 saturated carbocycles. The molecule has 1 heterocycles. The van der Waals surface area contributed by atoms with Crippen LogP contribution in [0.15, 0.2) is 27.7 Å². The fraction of sp³-hybridized carbons (Fsp3) is 0.474. The van der Waals surface area contributed by atoms with Crippen LogP contribution in [0.1, 0.15) is 42.0 Å². The molecule has 2 N–H and O–H groups in total. The van der Waals surface area contributed by atoms with Gasteiger partial charge in [0.25, 0.3) is 0 Å². The Bertz CT molecular complexity index is 701. The molecule has 0 amide bonds. The van der Waals surface area contributed by atoms with Crippen LogP contribution in [0.4, 0.5) is 0 Å². The summed E-state index contributed by atoms with van der Waals surface area (Å²) < 4.78 is 10.8. The number of methoxy groups -OCH3 is 1. The van der Waals surface area contributed by atoms with Crippen molar-refractivity contribution in [2.45, 2.75) is 46.7 Å². The van der Waals surface area contributed by atoms with Crippen LogP contribution < -0.4 is 15.4 Å². The van der Waals surface area contributed by atoms with Crippen molar-refractivity contribution in [1.29, 1.82) is 0 Å². The molecule has 0 fully saturated rings. The summed E-state index contributed by atoms with van der Waals surface area (Å²) in [5, 5.41) is 10.8. The summed E-state index contributed by atoms with van der Waals surface area (Å²) in [6.45, 7) is 7.50. The van der Waals surface area contributed by atoms with Crippen LogP contribution in [0, 0.1) is 6.92 Å². The van der Waals surface area contributed by atoms with E-state index in [9.17, 15) is 0 Å². The molecule has 136 valence electrons. The molecule has 0 aliphatic heterocycles. The highest BCUT2D eigenvalue weighted by Gasteiger charge is 2.13. The van der Waals surface area contributed by atoms with E-state index in [1.807, 2.05) is 13.0 Å². The molecule has 0 aliphatic carbocycles. The van der Waals surface area contributed by atoms with Crippen LogP contribution in [0.25, 0.3) is 0 Å². The molecule has 6 nitrogen and oxygen atoms in total. The van der Waals surface area contributed by atoms with Crippen molar-refractivity contribution in [3.8, 4) is 5.75 Å². The number of nitrogens with zero attached hydrogens (tertiary/aromatic N) is 2. The molecule has 0 aliphatic rings. The second-order valence-electron chi connectivity index (χ2n) is 5.82. The Balaban J connectivity index is 1.96. The number of aryl methyl sites for hydroxylation is 3. The summed E-state index contributed by atoms with van der Waals surface area (Å²) in [7, 11) is 3.45. The average molecular weight is 344 g/mol. The lowest BCUT2D eigenvalue weighted by Gasteiger charge is -2.13. The van der Waals surface area contributed by atoms with Gasteiger partial charge in [-0.15, -0.1) is 0 Å². The Labute approximate surface area is 149 Å². The van der Waals surface area contributed by atoms with E-state index in [1.165, 1.54) is 0 Å². The minimum Gasteiger partial charge on any atom is -0.496 e. The minimum atomic E-state index is 0.646. The number of rotatable bonds is 7.